The summed E-state index contributed by atoms with van der Waals surface area (Å²) in [4.78, 5) is 33.9. The molecule has 6 nitrogen and oxygen atoms in total. The lowest BCUT2D eigenvalue weighted by Gasteiger charge is -2.13. The molecule has 0 aliphatic carbocycles. The summed E-state index contributed by atoms with van der Waals surface area (Å²) in [7, 11) is 0. The van der Waals surface area contributed by atoms with Gasteiger partial charge in [-0.25, -0.2) is 14.4 Å². The predicted octanol–water partition coefficient (Wildman–Crippen LogP) is 4.47. The Morgan fingerprint density at radius 2 is 1.97 bits per heavy atom. The lowest BCUT2D eigenvalue weighted by Crippen LogP contribution is -2.23. The van der Waals surface area contributed by atoms with Crippen molar-refractivity contribution in [3.05, 3.63) is 74.7 Å². The first-order chi connectivity index (χ1) is 14.0. The maximum Gasteiger partial charge on any atom is 0.266 e. The van der Waals surface area contributed by atoms with Crippen LogP contribution in [0.4, 0.5) is 9.52 Å². The average Bonchev–Trinajstić information content (AvgIpc) is 3.12. The monoisotopic (exact) mass is 490 g/mol. The first-order valence-corrected chi connectivity index (χ1v) is 10.9. The third-order valence-electron chi connectivity index (χ3n) is 3.89. The predicted molar refractivity (Wildman–Crippen MR) is 116 cm³/mol. The molecule has 2 aromatic heterocycles. The smallest absolute Gasteiger partial charge is 0.266 e. The standard InChI is InChI=1S/C19H12BrFN4O2S2/c20-15-9-22-18(29-15)24-16(26)10-28-19-23-13-7-3-1-5-11(13)17(27)25(19)14-8-4-2-6-12(14)21/h1-9H,10H2,(H,22,24,26). The Morgan fingerprint density at radius 3 is 2.72 bits per heavy atom. The van der Waals surface area contributed by atoms with Gasteiger partial charge in [0.2, 0.25) is 5.91 Å². The second-order valence-electron chi connectivity index (χ2n) is 5.81. The molecule has 0 spiro atoms. The van der Waals surface area contributed by atoms with Crippen LogP contribution in [0.2, 0.25) is 0 Å². The lowest BCUT2D eigenvalue weighted by atomic mass is 10.2. The molecule has 2 heterocycles. The topological polar surface area (TPSA) is 76.9 Å². The van der Waals surface area contributed by atoms with Crippen LogP contribution in [0.15, 0.2) is 68.5 Å². The van der Waals surface area contributed by atoms with Gasteiger partial charge in [0.15, 0.2) is 10.3 Å². The van der Waals surface area contributed by atoms with Crippen LogP contribution in [0, 0.1) is 5.82 Å². The van der Waals surface area contributed by atoms with E-state index in [0.717, 1.165) is 15.5 Å². The van der Waals surface area contributed by atoms with Gasteiger partial charge in [0.05, 0.1) is 32.3 Å². The van der Waals surface area contributed by atoms with Crippen molar-refractivity contribution in [2.24, 2.45) is 0 Å². The molecule has 2 aromatic carbocycles. The highest BCUT2D eigenvalue weighted by molar-refractivity contribution is 9.11. The molecule has 1 N–H and O–H groups in total. The van der Waals surface area contributed by atoms with Crippen LogP contribution in [0.5, 0.6) is 0 Å². The van der Waals surface area contributed by atoms with E-state index in [1.807, 2.05) is 0 Å². The summed E-state index contributed by atoms with van der Waals surface area (Å²) in [6.07, 6.45) is 1.59. The van der Waals surface area contributed by atoms with Crippen molar-refractivity contribution in [2.45, 2.75) is 5.16 Å². The fraction of sp³-hybridized carbons (Fsp3) is 0.0526. The highest BCUT2D eigenvalue weighted by Gasteiger charge is 2.17. The first kappa shape index (κ1) is 19.7. The molecule has 0 fully saturated rings. The van der Waals surface area contributed by atoms with E-state index in [1.54, 1.807) is 42.6 Å². The number of benzene rings is 2. The summed E-state index contributed by atoms with van der Waals surface area (Å²) < 4.78 is 16.4. The van der Waals surface area contributed by atoms with Crippen molar-refractivity contribution in [3.8, 4) is 5.69 Å². The Labute approximate surface area is 180 Å². The van der Waals surface area contributed by atoms with E-state index < -0.39 is 11.4 Å². The quantitative estimate of drug-likeness (QED) is 0.329. The third kappa shape index (κ3) is 4.24. The van der Waals surface area contributed by atoms with E-state index in [9.17, 15) is 14.0 Å². The fourth-order valence-corrected chi connectivity index (χ4v) is 4.58. The Balaban J connectivity index is 1.71. The molecule has 10 heteroatoms. The second kappa shape index (κ2) is 8.44. The van der Waals surface area contributed by atoms with Crippen LogP contribution in [0.25, 0.3) is 16.6 Å². The number of carbonyl (C=O) groups is 1. The van der Waals surface area contributed by atoms with Gasteiger partial charge in [0.25, 0.3) is 5.56 Å². The molecule has 146 valence electrons. The normalized spacial score (nSPS) is 11.0. The van der Waals surface area contributed by atoms with Gasteiger partial charge in [-0.2, -0.15) is 0 Å². The minimum atomic E-state index is -0.550. The van der Waals surface area contributed by atoms with Crippen LogP contribution >= 0.6 is 39.0 Å². The number of thiazole rings is 1. The number of carbonyl (C=O) groups excluding carboxylic acids is 1. The number of hydrogen-bond donors (Lipinski definition) is 1. The molecule has 0 saturated carbocycles. The maximum absolute atomic E-state index is 14.4. The molecule has 0 radical (unpaired) electrons. The summed E-state index contributed by atoms with van der Waals surface area (Å²) >= 11 is 5.63. The van der Waals surface area contributed by atoms with Crippen molar-refractivity contribution in [1.82, 2.24) is 14.5 Å². The molecule has 4 rings (SSSR count). The largest absolute Gasteiger partial charge is 0.301 e. The number of fused-ring (bicyclic) bond motifs is 1. The van der Waals surface area contributed by atoms with Crippen LogP contribution in [0.1, 0.15) is 0 Å². The van der Waals surface area contributed by atoms with Crippen molar-refractivity contribution < 1.29 is 9.18 Å². The molecule has 0 atom stereocenters. The Kier molecular flexibility index (Phi) is 5.74. The zero-order valence-corrected chi connectivity index (χ0v) is 17.9. The number of rotatable bonds is 5. The Morgan fingerprint density at radius 1 is 1.21 bits per heavy atom. The van der Waals surface area contributed by atoms with Gasteiger partial charge in [0, 0.05) is 0 Å². The summed E-state index contributed by atoms with van der Waals surface area (Å²) in [6.45, 7) is 0. The number of nitrogens with zero attached hydrogens (tertiary/aromatic N) is 3. The van der Waals surface area contributed by atoms with E-state index >= 15 is 0 Å². The van der Waals surface area contributed by atoms with Crippen LogP contribution in [-0.4, -0.2) is 26.2 Å². The molecule has 29 heavy (non-hydrogen) atoms. The van der Waals surface area contributed by atoms with Crippen molar-refractivity contribution in [3.63, 3.8) is 0 Å². The lowest BCUT2D eigenvalue weighted by molar-refractivity contribution is -0.113. The van der Waals surface area contributed by atoms with Gasteiger partial charge in [-0.1, -0.05) is 47.4 Å². The number of para-hydroxylation sites is 2. The van der Waals surface area contributed by atoms with E-state index in [-0.39, 0.29) is 22.5 Å². The number of aromatic nitrogens is 3. The van der Waals surface area contributed by atoms with Crippen molar-refractivity contribution in [2.75, 3.05) is 11.1 Å². The maximum atomic E-state index is 14.4. The molecule has 0 bridgehead atoms. The Bertz CT molecular complexity index is 1270. The molecule has 0 aliphatic rings. The third-order valence-corrected chi connectivity index (χ3v) is 6.22. The number of hydrogen-bond acceptors (Lipinski definition) is 6. The second-order valence-corrected chi connectivity index (χ2v) is 9.16. The van der Waals surface area contributed by atoms with Gasteiger partial charge < -0.3 is 5.32 Å². The molecule has 4 aromatic rings. The van der Waals surface area contributed by atoms with Crippen LogP contribution in [-0.2, 0) is 4.79 Å². The number of anilines is 1. The SMILES string of the molecule is O=C(CSc1nc2ccccc2c(=O)n1-c1ccccc1F)Nc1ncc(Br)s1. The summed E-state index contributed by atoms with van der Waals surface area (Å²) in [6, 6.07) is 12.8. The summed E-state index contributed by atoms with van der Waals surface area (Å²) in [5, 5.41) is 3.75. The number of thioether (sulfide) groups is 1. The van der Waals surface area contributed by atoms with Crippen LogP contribution in [0.3, 0.4) is 0 Å². The summed E-state index contributed by atoms with van der Waals surface area (Å²) in [5.41, 5.74) is 0.173. The fourth-order valence-electron chi connectivity index (χ4n) is 2.65. The zero-order valence-electron chi connectivity index (χ0n) is 14.6. The molecular weight excluding hydrogens is 479 g/mol. The highest BCUT2D eigenvalue weighted by atomic mass is 79.9. The van der Waals surface area contributed by atoms with Gasteiger partial charge in [0.1, 0.15) is 5.82 Å². The van der Waals surface area contributed by atoms with Crippen molar-refractivity contribution >= 4 is 61.0 Å². The first-order valence-electron chi connectivity index (χ1n) is 8.33. The summed E-state index contributed by atoms with van der Waals surface area (Å²) in [5.74, 6) is -0.874. The zero-order chi connectivity index (χ0) is 20.4. The molecule has 0 unspecified atom stereocenters. The molecule has 0 aliphatic heterocycles. The van der Waals surface area contributed by atoms with Crippen molar-refractivity contribution in [1.29, 1.82) is 0 Å². The van der Waals surface area contributed by atoms with E-state index in [1.165, 1.54) is 28.0 Å². The van der Waals surface area contributed by atoms with Gasteiger partial charge in [-0.05, 0) is 40.2 Å². The van der Waals surface area contributed by atoms with E-state index in [2.05, 4.69) is 31.2 Å². The minimum Gasteiger partial charge on any atom is -0.301 e. The van der Waals surface area contributed by atoms with E-state index in [0.29, 0.717) is 16.0 Å². The van der Waals surface area contributed by atoms with Gasteiger partial charge in [-0.15, -0.1) is 0 Å². The molecule has 1 amide bonds. The highest BCUT2D eigenvalue weighted by Crippen LogP contribution is 2.25. The number of amides is 1. The van der Waals surface area contributed by atoms with E-state index in [4.69, 9.17) is 0 Å². The number of nitrogens with one attached hydrogen (secondary N) is 1. The number of halogens is 2. The van der Waals surface area contributed by atoms with Gasteiger partial charge >= 0.3 is 0 Å². The van der Waals surface area contributed by atoms with Crippen LogP contribution < -0.4 is 10.9 Å². The average molecular weight is 491 g/mol. The molecule has 0 saturated heterocycles. The molecular formula is C19H12BrFN4O2S2. The minimum absolute atomic E-state index is 0.0174. The Hall–Kier alpha value is -2.56. The van der Waals surface area contributed by atoms with Gasteiger partial charge in [-0.3, -0.25) is 14.2 Å².